The lowest BCUT2D eigenvalue weighted by Gasteiger charge is -2.23. The van der Waals surface area contributed by atoms with Crippen LogP contribution in [0.25, 0.3) is 0 Å². The van der Waals surface area contributed by atoms with E-state index in [2.05, 4.69) is 21.1 Å². The molecule has 0 radical (unpaired) electrons. The summed E-state index contributed by atoms with van der Waals surface area (Å²) in [6.07, 6.45) is 0. The van der Waals surface area contributed by atoms with Gasteiger partial charge in [-0.25, -0.2) is 0 Å². The van der Waals surface area contributed by atoms with Crippen molar-refractivity contribution in [3.05, 3.63) is 29.8 Å². The lowest BCUT2D eigenvalue weighted by molar-refractivity contribution is 0.108. The minimum Gasteiger partial charge on any atom is -0.298 e. The Bertz CT molecular complexity index is 311. The molecule has 1 rings (SSSR count). The molecule has 3 heteroatoms. The summed E-state index contributed by atoms with van der Waals surface area (Å²) in [7, 11) is 6.20. The van der Waals surface area contributed by atoms with E-state index in [0.717, 1.165) is 10.2 Å². The highest BCUT2D eigenvalue weighted by Crippen LogP contribution is 2.17. The van der Waals surface area contributed by atoms with E-state index in [-0.39, 0.29) is 0 Å². The van der Waals surface area contributed by atoms with E-state index in [1.54, 1.807) is 12.1 Å². The maximum atomic E-state index is 10.8. The van der Waals surface area contributed by atoms with Crippen LogP contribution in [0.1, 0.15) is 10.4 Å². The van der Waals surface area contributed by atoms with E-state index in [9.17, 15) is 4.79 Å². The van der Waals surface area contributed by atoms with Crippen LogP contribution in [0.15, 0.2) is 24.3 Å². The highest BCUT2D eigenvalue weighted by atomic mass is 35.5. The van der Waals surface area contributed by atoms with E-state index in [1.165, 1.54) is 0 Å². The molecule has 0 amide bonds. The Kier molecular flexibility index (Phi) is 2.74. The molecule has 0 unspecified atom stereocenters. The fourth-order valence-corrected chi connectivity index (χ4v) is 1.17. The second-order valence-corrected chi connectivity index (χ2v) is 4.18. The molecule has 0 saturated heterocycles. The molecule has 0 heterocycles. The second kappa shape index (κ2) is 3.48. The zero-order chi connectivity index (χ0) is 10.1. The molecule has 1 aromatic rings. The fraction of sp³-hybridized carbons (Fsp3) is 0.300. The van der Waals surface area contributed by atoms with Gasteiger partial charge in [-0.15, -0.1) is 0 Å². The van der Waals surface area contributed by atoms with E-state index in [4.69, 9.17) is 11.6 Å². The lowest BCUT2D eigenvalue weighted by Crippen LogP contribution is -2.34. The van der Waals surface area contributed by atoms with Crippen LogP contribution in [-0.4, -0.2) is 26.4 Å². The zero-order valence-corrected chi connectivity index (χ0v) is 8.80. The molecule has 1 aromatic carbocycles. The van der Waals surface area contributed by atoms with Crippen molar-refractivity contribution < 1.29 is 4.79 Å². The van der Waals surface area contributed by atoms with Crippen molar-refractivity contribution in [3.63, 3.8) is 0 Å². The summed E-state index contributed by atoms with van der Waals surface area (Å²) >= 11 is 5.33. The number of nitrogens with zero attached hydrogens (tertiary/aromatic N) is 1. The summed E-state index contributed by atoms with van der Waals surface area (Å²) < 4.78 is 0.733. The molecule has 0 fully saturated rings. The quantitative estimate of drug-likeness (QED) is 0.526. The first-order chi connectivity index (χ1) is 5.91. The first-order valence-corrected chi connectivity index (χ1v) is 4.41. The third-order valence-corrected chi connectivity index (χ3v) is 2.09. The number of carbonyl (C=O) groups is 1. The number of hydrogen-bond acceptors (Lipinski definition) is 1. The van der Waals surface area contributed by atoms with Gasteiger partial charge in [0, 0.05) is 5.56 Å². The van der Waals surface area contributed by atoms with Gasteiger partial charge in [-0.1, -0.05) is 0 Å². The van der Waals surface area contributed by atoms with E-state index < -0.39 is 5.24 Å². The third kappa shape index (κ3) is 2.54. The fourth-order valence-electron chi connectivity index (χ4n) is 1.04. The maximum Gasteiger partial charge on any atom is 0.252 e. The summed E-state index contributed by atoms with van der Waals surface area (Å²) in [6.45, 7) is 0. The topological polar surface area (TPSA) is 17.1 Å². The first kappa shape index (κ1) is 10.2. The smallest absolute Gasteiger partial charge is 0.252 e. The van der Waals surface area contributed by atoms with Crippen LogP contribution in [0.3, 0.4) is 0 Å². The van der Waals surface area contributed by atoms with Gasteiger partial charge in [0.05, 0.1) is 21.1 Å². The number of halogens is 1. The minimum absolute atomic E-state index is 0.409. The Morgan fingerprint density at radius 2 is 1.62 bits per heavy atom. The molecule has 2 nitrogen and oxygen atoms in total. The Morgan fingerprint density at radius 1 is 1.15 bits per heavy atom. The maximum absolute atomic E-state index is 10.8. The molecule has 0 aliphatic heterocycles. The van der Waals surface area contributed by atoms with Crippen molar-refractivity contribution in [1.29, 1.82) is 0 Å². The van der Waals surface area contributed by atoms with Crippen molar-refractivity contribution in [1.82, 2.24) is 4.48 Å². The minimum atomic E-state index is -0.409. The summed E-state index contributed by atoms with van der Waals surface area (Å²) in [4.78, 5) is 10.8. The van der Waals surface area contributed by atoms with E-state index in [1.807, 2.05) is 12.1 Å². The van der Waals surface area contributed by atoms with Crippen molar-refractivity contribution in [2.45, 2.75) is 0 Å². The summed E-state index contributed by atoms with van der Waals surface area (Å²) in [5.41, 5.74) is 1.68. The average molecular weight is 199 g/mol. The Labute approximate surface area is 83.3 Å². The van der Waals surface area contributed by atoms with Crippen molar-refractivity contribution >= 4 is 22.5 Å². The van der Waals surface area contributed by atoms with Crippen molar-refractivity contribution in [2.75, 3.05) is 21.1 Å². The molecule has 0 aromatic heterocycles. The summed E-state index contributed by atoms with van der Waals surface area (Å²) in [6, 6.07) is 7.31. The number of benzene rings is 1. The number of rotatable bonds is 2. The van der Waals surface area contributed by atoms with Gasteiger partial charge in [0.1, 0.15) is 5.69 Å². The van der Waals surface area contributed by atoms with Gasteiger partial charge in [0.25, 0.3) is 5.24 Å². The van der Waals surface area contributed by atoms with Crippen LogP contribution in [0, 0.1) is 0 Å². The van der Waals surface area contributed by atoms with Gasteiger partial charge >= 0.3 is 0 Å². The molecule has 0 atom stereocenters. The molecule has 0 aliphatic rings. The van der Waals surface area contributed by atoms with E-state index in [0.29, 0.717) is 5.56 Å². The molecule has 0 aliphatic carbocycles. The van der Waals surface area contributed by atoms with Gasteiger partial charge in [-0.2, -0.15) is 0 Å². The third-order valence-electron chi connectivity index (χ3n) is 1.87. The van der Waals surface area contributed by atoms with Crippen LogP contribution in [0.5, 0.6) is 0 Å². The Balaban J connectivity index is 3.01. The highest BCUT2D eigenvalue weighted by molar-refractivity contribution is 6.67. The molecular weight excluding hydrogens is 186 g/mol. The van der Waals surface area contributed by atoms with Gasteiger partial charge < -0.3 is 0 Å². The SMILES string of the molecule is C[N+](C)(C)c1ccc(C(=O)Cl)cc1. The van der Waals surface area contributed by atoms with Gasteiger partial charge in [0.15, 0.2) is 0 Å². The molecular formula is C10H13ClNO+. The number of hydrogen-bond donors (Lipinski definition) is 0. The van der Waals surface area contributed by atoms with Gasteiger partial charge in [0.2, 0.25) is 0 Å². The van der Waals surface area contributed by atoms with Crippen LogP contribution < -0.4 is 4.48 Å². The predicted molar refractivity (Wildman–Crippen MR) is 56.2 cm³/mol. The second-order valence-electron chi connectivity index (χ2n) is 3.83. The largest absolute Gasteiger partial charge is 0.298 e. The monoisotopic (exact) mass is 198 g/mol. The molecule has 13 heavy (non-hydrogen) atoms. The summed E-state index contributed by atoms with van der Waals surface area (Å²) in [5.74, 6) is 0. The molecule has 70 valence electrons. The molecule has 0 saturated carbocycles. The predicted octanol–water partition coefficient (Wildman–Crippen LogP) is 2.26. The van der Waals surface area contributed by atoms with Crippen LogP contribution in [0.2, 0.25) is 0 Å². The van der Waals surface area contributed by atoms with Crippen molar-refractivity contribution in [3.8, 4) is 0 Å². The molecule has 0 N–H and O–H groups in total. The van der Waals surface area contributed by atoms with E-state index >= 15 is 0 Å². The standard InChI is InChI=1S/C10H13ClNO/c1-12(2,3)9-6-4-8(5-7-9)10(11)13/h4-7H,1-3H3/q+1. The van der Waals surface area contributed by atoms with Crippen LogP contribution in [-0.2, 0) is 0 Å². The van der Waals surface area contributed by atoms with Crippen LogP contribution >= 0.6 is 11.6 Å². The Hall–Kier alpha value is -0.860. The summed E-state index contributed by atoms with van der Waals surface area (Å²) in [5, 5.41) is -0.409. The van der Waals surface area contributed by atoms with Gasteiger partial charge in [-0.05, 0) is 35.9 Å². The molecule has 0 bridgehead atoms. The first-order valence-electron chi connectivity index (χ1n) is 4.03. The zero-order valence-electron chi connectivity index (χ0n) is 8.04. The van der Waals surface area contributed by atoms with Gasteiger partial charge in [-0.3, -0.25) is 9.28 Å². The van der Waals surface area contributed by atoms with Crippen LogP contribution in [0.4, 0.5) is 5.69 Å². The number of quaternary nitrogens is 1. The lowest BCUT2D eigenvalue weighted by atomic mass is 10.2. The average Bonchev–Trinajstić information content (AvgIpc) is 2.03. The number of carbonyl (C=O) groups excluding carboxylic acids is 1. The Morgan fingerprint density at radius 3 is 1.92 bits per heavy atom. The molecule has 0 spiro atoms. The van der Waals surface area contributed by atoms with Crippen molar-refractivity contribution in [2.24, 2.45) is 0 Å². The normalized spacial score (nSPS) is 11.4. The highest BCUT2D eigenvalue weighted by Gasteiger charge is 2.11.